The average Bonchev–Trinajstić information content (AvgIpc) is 2.91. The van der Waals surface area contributed by atoms with Gasteiger partial charge in [0.25, 0.3) is 0 Å². The van der Waals surface area contributed by atoms with Gasteiger partial charge in [0.2, 0.25) is 10.0 Å². The number of hydrogen-bond acceptors (Lipinski definition) is 4. The molecular weight excluding hydrogens is 412 g/mol. The summed E-state index contributed by atoms with van der Waals surface area (Å²) in [7, 11) is -0.322. The van der Waals surface area contributed by atoms with E-state index in [2.05, 4.69) is 4.90 Å². The lowest BCUT2D eigenvalue weighted by atomic mass is 10.2. The summed E-state index contributed by atoms with van der Waals surface area (Å²) in [5, 5.41) is 0.662. The minimum absolute atomic E-state index is 0.177. The van der Waals surface area contributed by atoms with Gasteiger partial charge in [-0.2, -0.15) is 4.31 Å². The number of rotatable bonds is 3. The Morgan fingerprint density at radius 2 is 1.55 bits per heavy atom. The summed E-state index contributed by atoms with van der Waals surface area (Å²) in [5.74, 6) is 0. The maximum absolute atomic E-state index is 13.3. The molecule has 0 amide bonds. The maximum Gasteiger partial charge on any atom is 0.328 e. The third-order valence-electron chi connectivity index (χ3n) is 5.60. The van der Waals surface area contributed by atoms with Crippen molar-refractivity contribution in [3.05, 3.63) is 57.5 Å². The fourth-order valence-electron chi connectivity index (χ4n) is 3.91. The van der Waals surface area contributed by atoms with E-state index in [9.17, 15) is 13.2 Å². The number of imidazole rings is 1. The molecule has 4 rings (SSSR count). The molecule has 1 aliphatic rings. The Morgan fingerprint density at radius 1 is 0.931 bits per heavy atom. The highest BCUT2D eigenvalue weighted by Crippen LogP contribution is 2.27. The van der Waals surface area contributed by atoms with Gasteiger partial charge >= 0.3 is 5.69 Å². The number of nitrogens with zero attached hydrogens (tertiary/aromatic N) is 4. The first-order chi connectivity index (χ1) is 13.7. The van der Waals surface area contributed by atoms with Gasteiger partial charge in [0.05, 0.1) is 15.9 Å². The standard InChI is InChI=1S/C20H23ClN4O3S/c1-14-11-17-18(23(3)20(26)22(17)2)13-19(14)29(27,28)25-9-7-24(8-10-25)16-6-4-5-15(21)12-16/h4-6,11-13H,7-10H2,1-3H3. The zero-order chi connectivity index (χ0) is 20.9. The summed E-state index contributed by atoms with van der Waals surface area (Å²) < 4.78 is 31.2. The highest BCUT2D eigenvalue weighted by Gasteiger charge is 2.30. The lowest BCUT2D eigenvalue weighted by molar-refractivity contribution is 0.384. The van der Waals surface area contributed by atoms with Gasteiger partial charge in [0.1, 0.15) is 0 Å². The smallest absolute Gasteiger partial charge is 0.328 e. The molecule has 0 bridgehead atoms. The van der Waals surface area contributed by atoms with Crippen molar-refractivity contribution in [2.45, 2.75) is 11.8 Å². The zero-order valence-corrected chi connectivity index (χ0v) is 18.2. The van der Waals surface area contributed by atoms with E-state index >= 15 is 0 Å². The normalized spacial score (nSPS) is 15.9. The summed E-state index contributed by atoms with van der Waals surface area (Å²) in [6, 6.07) is 11.0. The molecule has 29 heavy (non-hydrogen) atoms. The molecule has 0 unspecified atom stereocenters. The van der Waals surface area contributed by atoms with Crippen molar-refractivity contribution >= 4 is 38.3 Å². The third kappa shape index (κ3) is 3.35. The molecule has 1 aliphatic heterocycles. The first kappa shape index (κ1) is 20.0. The third-order valence-corrected chi connectivity index (χ3v) is 7.87. The second kappa shape index (κ2) is 7.19. The van der Waals surface area contributed by atoms with Gasteiger partial charge in [-0.3, -0.25) is 9.13 Å². The van der Waals surface area contributed by atoms with Crippen LogP contribution < -0.4 is 10.6 Å². The Bertz CT molecular complexity index is 1250. The molecule has 0 atom stereocenters. The molecule has 1 aromatic heterocycles. The van der Waals surface area contributed by atoms with Crippen LogP contribution in [0.25, 0.3) is 11.0 Å². The topological polar surface area (TPSA) is 67.6 Å². The number of aromatic nitrogens is 2. The lowest BCUT2D eigenvalue weighted by Crippen LogP contribution is -2.48. The highest BCUT2D eigenvalue weighted by molar-refractivity contribution is 7.89. The molecule has 0 aliphatic carbocycles. The van der Waals surface area contributed by atoms with Crippen LogP contribution in [0.5, 0.6) is 0 Å². The quantitative estimate of drug-likeness (QED) is 0.634. The number of sulfonamides is 1. The molecule has 1 fully saturated rings. The van der Waals surface area contributed by atoms with Crippen LogP contribution in [0.1, 0.15) is 5.56 Å². The Labute approximate surface area is 174 Å². The number of piperazine rings is 1. The van der Waals surface area contributed by atoms with Crippen molar-refractivity contribution < 1.29 is 8.42 Å². The molecule has 2 aromatic carbocycles. The fraction of sp³-hybridized carbons (Fsp3) is 0.350. The molecule has 0 saturated carbocycles. The average molecular weight is 435 g/mol. The summed E-state index contributed by atoms with van der Waals surface area (Å²) in [6.07, 6.45) is 0. The monoisotopic (exact) mass is 434 g/mol. The summed E-state index contributed by atoms with van der Waals surface area (Å²) in [4.78, 5) is 14.6. The van der Waals surface area contributed by atoms with E-state index in [-0.39, 0.29) is 10.6 Å². The van der Waals surface area contributed by atoms with E-state index in [0.29, 0.717) is 42.3 Å². The van der Waals surface area contributed by atoms with Gasteiger partial charge in [0, 0.05) is 51.0 Å². The van der Waals surface area contributed by atoms with E-state index in [0.717, 1.165) is 11.2 Å². The molecule has 7 nitrogen and oxygen atoms in total. The molecule has 154 valence electrons. The zero-order valence-electron chi connectivity index (χ0n) is 16.6. The Kier molecular flexibility index (Phi) is 4.96. The molecule has 0 N–H and O–H groups in total. The second-order valence-electron chi connectivity index (χ2n) is 7.38. The predicted molar refractivity (Wildman–Crippen MR) is 115 cm³/mol. The summed E-state index contributed by atoms with van der Waals surface area (Å²) in [6.45, 7) is 3.72. The van der Waals surface area contributed by atoms with E-state index in [4.69, 9.17) is 11.6 Å². The number of hydrogen-bond donors (Lipinski definition) is 0. The summed E-state index contributed by atoms with van der Waals surface area (Å²) >= 11 is 6.08. The first-order valence-corrected chi connectivity index (χ1v) is 11.2. The van der Waals surface area contributed by atoms with Gasteiger partial charge in [-0.1, -0.05) is 17.7 Å². The van der Waals surface area contributed by atoms with Gasteiger partial charge < -0.3 is 4.90 Å². The summed E-state index contributed by atoms with van der Waals surface area (Å²) in [5.41, 5.74) is 2.78. The van der Waals surface area contributed by atoms with Crippen LogP contribution >= 0.6 is 11.6 Å². The van der Waals surface area contributed by atoms with E-state index in [1.54, 1.807) is 33.2 Å². The predicted octanol–water partition coefficient (Wildman–Crippen LogP) is 2.35. The van der Waals surface area contributed by atoms with Gasteiger partial charge in [-0.25, -0.2) is 13.2 Å². The van der Waals surface area contributed by atoms with Crippen LogP contribution in [0.4, 0.5) is 5.69 Å². The van der Waals surface area contributed by atoms with Crippen molar-refractivity contribution in [3.8, 4) is 0 Å². The van der Waals surface area contributed by atoms with Gasteiger partial charge in [-0.15, -0.1) is 0 Å². The largest absolute Gasteiger partial charge is 0.369 e. The van der Waals surface area contributed by atoms with Crippen LogP contribution in [0, 0.1) is 6.92 Å². The van der Waals surface area contributed by atoms with Gasteiger partial charge in [0.15, 0.2) is 0 Å². The van der Waals surface area contributed by atoms with Crippen molar-refractivity contribution in [1.29, 1.82) is 0 Å². The minimum Gasteiger partial charge on any atom is -0.369 e. The number of benzene rings is 2. The Hall–Kier alpha value is -2.29. The molecule has 1 saturated heterocycles. The van der Waals surface area contributed by atoms with Crippen molar-refractivity contribution in [2.24, 2.45) is 14.1 Å². The van der Waals surface area contributed by atoms with Crippen LogP contribution in [0.15, 0.2) is 46.1 Å². The lowest BCUT2D eigenvalue weighted by Gasteiger charge is -2.35. The molecule has 0 spiro atoms. The van der Waals surface area contributed by atoms with E-state index < -0.39 is 10.0 Å². The Morgan fingerprint density at radius 3 is 2.17 bits per heavy atom. The molecule has 2 heterocycles. The number of halogens is 1. The SMILES string of the molecule is Cc1cc2c(cc1S(=O)(=O)N1CCN(c3cccc(Cl)c3)CC1)n(C)c(=O)n2C. The van der Waals surface area contributed by atoms with Gasteiger partial charge in [-0.05, 0) is 42.8 Å². The van der Waals surface area contributed by atoms with E-state index in [1.165, 1.54) is 13.4 Å². The number of anilines is 1. The van der Waals surface area contributed by atoms with Crippen LogP contribution in [-0.4, -0.2) is 48.0 Å². The highest BCUT2D eigenvalue weighted by atomic mass is 35.5. The Balaban J connectivity index is 1.63. The van der Waals surface area contributed by atoms with Crippen LogP contribution in [0.3, 0.4) is 0 Å². The van der Waals surface area contributed by atoms with Crippen LogP contribution in [0.2, 0.25) is 5.02 Å². The van der Waals surface area contributed by atoms with Crippen molar-refractivity contribution in [1.82, 2.24) is 13.4 Å². The molecule has 9 heteroatoms. The second-order valence-corrected chi connectivity index (χ2v) is 9.72. The first-order valence-electron chi connectivity index (χ1n) is 9.37. The molecule has 0 radical (unpaired) electrons. The molecule has 3 aromatic rings. The van der Waals surface area contributed by atoms with Crippen molar-refractivity contribution in [3.63, 3.8) is 0 Å². The van der Waals surface area contributed by atoms with Crippen LogP contribution in [-0.2, 0) is 24.1 Å². The maximum atomic E-state index is 13.3. The number of fused-ring (bicyclic) bond motifs is 1. The fourth-order valence-corrected chi connectivity index (χ4v) is 5.74. The molecular formula is C20H23ClN4O3S. The number of aryl methyl sites for hydroxylation is 3. The van der Waals surface area contributed by atoms with Crippen molar-refractivity contribution in [2.75, 3.05) is 31.1 Å². The minimum atomic E-state index is -3.66. The van der Waals surface area contributed by atoms with E-state index in [1.807, 2.05) is 24.3 Å².